The molecule has 0 spiro atoms. The molecule has 0 aromatic heterocycles. The number of hydrogen-bond acceptors (Lipinski definition) is 3. The summed E-state index contributed by atoms with van der Waals surface area (Å²) in [6.07, 6.45) is 8.13. The molecule has 0 saturated heterocycles. The second-order valence-corrected chi connectivity index (χ2v) is 4.76. The minimum Gasteiger partial charge on any atom is -0.496 e. The fraction of sp³-hybridized carbons (Fsp3) is 0.467. The van der Waals surface area contributed by atoms with Crippen LogP contribution in [0.5, 0.6) is 5.75 Å². The van der Waals surface area contributed by atoms with Gasteiger partial charge in [-0.25, -0.2) is 0 Å². The minimum atomic E-state index is 0.224. The van der Waals surface area contributed by atoms with Crippen LogP contribution in [0.2, 0.25) is 0 Å². The monoisotopic (exact) mass is 246 g/mol. The van der Waals surface area contributed by atoms with Gasteiger partial charge >= 0.3 is 0 Å². The largest absolute Gasteiger partial charge is 0.496 e. The van der Waals surface area contributed by atoms with Crippen molar-refractivity contribution in [2.24, 2.45) is 5.84 Å². The summed E-state index contributed by atoms with van der Waals surface area (Å²) >= 11 is 0. The van der Waals surface area contributed by atoms with E-state index in [-0.39, 0.29) is 6.04 Å². The van der Waals surface area contributed by atoms with Crippen molar-refractivity contribution in [2.45, 2.75) is 38.1 Å². The second-order valence-electron chi connectivity index (χ2n) is 4.76. The van der Waals surface area contributed by atoms with E-state index in [1.165, 1.54) is 30.4 Å². The Morgan fingerprint density at radius 3 is 2.83 bits per heavy atom. The highest BCUT2D eigenvalue weighted by Crippen LogP contribution is 2.25. The lowest BCUT2D eigenvalue weighted by Gasteiger charge is -2.23. The minimum absolute atomic E-state index is 0.224. The van der Waals surface area contributed by atoms with E-state index in [2.05, 4.69) is 17.6 Å². The zero-order valence-corrected chi connectivity index (χ0v) is 11.0. The lowest BCUT2D eigenvalue weighted by Crippen LogP contribution is -2.38. The Balaban J connectivity index is 2.12. The predicted molar refractivity (Wildman–Crippen MR) is 74.4 cm³/mol. The molecule has 0 radical (unpaired) electrons. The van der Waals surface area contributed by atoms with Gasteiger partial charge in [-0.15, -0.1) is 0 Å². The summed E-state index contributed by atoms with van der Waals surface area (Å²) in [6, 6.07) is 8.36. The van der Waals surface area contributed by atoms with Crippen molar-refractivity contribution in [3.05, 3.63) is 41.5 Å². The van der Waals surface area contributed by atoms with Gasteiger partial charge in [-0.05, 0) is 43.7 Å². The molecule has 3 N–H and O–H groups in total. The molecule has 3 nitrogen and oxygen atoms in total. The number of hydrogen-bond donors (Lipinski definition) is 2. The number of allylic oxidation sites excluding steroid dienone is 1. The Morgan fingerprint density at radius 1 is 1.33 bits per heavy atom. The number of nitrogens with one attached hydrogen (secondary N) is 1. The third-order valence-corrected chi connectivity index (χ3v) is 3.59. The summed E-state index contributed by atoms with van der Waals surface area (Å²) in [6.45, 7) is 0. The van der Waals surface area contributed by atoms with Crippen molar-refractivity contribution in [3.8, 4) is 5.75 Å². The normalized spacial score (nSPS) is 17.1. The van der Waals surface area contributed by atoms with Gasteiger partial charge < -0.3 is 4.74 Å². The fourth-order valence-corrected chi connectivity index (χ4v) is 2.57. The van der Waals surface area contributed by atoms with Crippen molar-refractivity contribution in [1.82, 2.24) is 5.43 Å². The van der Waals surface area contributed by atoms with Crippen LogP contribution in [0.1, 0.15) is 31.2 Å². The average molecular weight is 246 g/mol. The van der Waals surface area contributed by atoms with Gasteiger partial charge in [0.15, 0.2) is 0 Å². The molecule has 0 heterocycles. The summed E-state index contributed by atoms with van der Waals surface area (Å²) in [5.74, 6) is 6.65. The van der Waals surface area contributed by atoms with E-state index in [0.29, 0.717) is 0 Å². The van der Waals surface area contributed by atoms with Gasteiger partial charge in [0.25, 0.3) is 0 Å². The van der Waals surface area contributed by atoms with Gasteiger partial charge in [-0.1, -0.05) is 29.8 Å². The lowest BCUT2D eigenvalue weighted by molar-refractivity contribution is 0.406. The van der Waals surface area contributed by atoms with Gasteiger partial charge in [0.1, 0.15) is 5.75 Å². The molecule has 0 saturated carbocycles. The first-order valence-electron chi connectivity index (χ1n) is 6.62. The van der Waals surface area contributed by atoms with Gasteiger partial charge in [-0.2, -0.15) is 0 Å². The number of methoxy groups -OCH3 is 1. The van der Waals surface area contributed by atoms with Crippen LogP contribution in [0.25, 0.3) is 0 Å². The van der Waals surface area contributed by atoms with Gasteiger partial charge in [-0.3, -0.25) is 11.3 Å². The molecule has 3 heteroatoms. The highest BCUT2D eigenvalue weighted by atomic mass is 16.5. The van der Waals surface area contributed by atoms with Gasteiger partial charge in [0.2, 0.25) is 0 Å². The Bertz CT molecular complexity index is 415. The zero-order chi connectivity index (χ0) is 12.8. The maximum absolute atomic E-state index is 5.71. The smallest absolute Gasteiger partial charge is 0.122 e. The average Bonchev–Trinajstić information content (AvgIpc) is 2.46. The van der Waals surface area contributed by atoms with E-state index < -0.39 is 0 Å². The van der Waals surface area contributed by atoms with E-state index in [4.69, 9.17) is 10.6 Å². The molecule has 18 heavy (non-hydrogen) atoms. The number of hydrazine groups is 1. The van der Waals surface area contributed by atoms with E-state index in [0.717, 1.165) is 18.6 Å². The summed E-state index contributed by atoms with van der Waals surface area (Å²) in [5.41, 5.74) is 5.59. The van der Waals surface area contributed by atoms with Crippen LogP contribution in [0, 0.1) is 0 Å². The van der Waals surface area contributed by atoms with Crippen molar-refractivity contribution in [3.63, 3.8) is 0 Å². The van der Waals surface area contributed by atoms with E-state index in [1.54, 1.807) is 7.11 Å². The zero-order valence-electron chi connectivity index (χ0n) is 11.0. The summed E-state index contributed by atoms with van der Waals surface area (Å²) < 4.78 is 5.39. The molecule has 0 bridgehead atoms. The maximum Gasteiger partial charge on any atom is 0.122 e. The molecule has 1 aliphatic carbocycles. The standard InChI is InChI=1S/C15H22N2O/c1-18-15-10-6-5-9-13(15)11-14(17-16)12-7-3-2-4-8-12/h5-7,9-10,14,17H,2-4,8,11,16H2,1H3. The van der Waals surface area contributed by atoms with Gasteiger partial charge in [0.05, 0.1) is 7.11 Å². The highest BCUT2D eigenvalue weighted by Gasteiger charge is 2.16. The first-order chi connectivity index (χ1) is 8.85. The Morgan fingerprint density at radius 2 is 2.17 bits per heavy atom. The molecule has 1 aliphatic rings. The third kappa shape index (κ3) is 3.12. The molecule has 0 fully saturated rings. The maximum atomic E-state index is 5.71. The molecule has 0 amide bonds. The molecule has 1 atom stereocenters. The molecular formula is C15H22N2O. The lowest BCUT2D eigenvalue weighted by atomic mass is 9.90. The van der Waals surface area contributed by atoms with Crippen LogP contribution >= 0.6 is 0 Å². The Kier molecular flexibility index (Phi) is 4.79. The van der Waals surface area contributed by atoms with Crippen molar-refractivity contribution in [1.29, 1.82) is 0 Å². The van der Waals surface area contributed by atoms with Crippen LogP contribution in [0.3, 0.4) is 0 Å². The SMILES string of the molecule is COc1ccccc1CC(NN)C1=CCCCC1. The summed E-state index contributed by atoms with van der Waals surface area (Å²) in [5, 5.41) is 0. The van der Waals surface area contributed by atoms with E-state index in [1.807, 2.05) is 18.2 Å². The van der Waals surface area contributed by atoms with Crippen LogP contribution in [0.15, 0.2) is 35.9 Å². The fourth-order valence-electron chi connectivity index (χ4n) is 2.57. The number of benzene rings is 1. The second kappa shape index (κ2) is 6.57. The number of para-hydroxylation sites is 1. The summed E-state index contributed by atoms with van der Waals surface area (Å²) in [4.78, 5) is 0. The van der Waals surface area contributed by atoms with Gasteiger partial charge in [0, 0.05) is 6.04 Å². The summed E-state index contributed by atoms with van der Waals surface area (Å²) in [7, 11) is 1.71. The first-order valence-corrected chi connectivity index (χ1v) is 6.62. The molecule has 1 aromatic carbocycles. The van der Waals surface area contributed by atoms with Crippen molar-refractivity contribution in [2.75, 3.05) is 7.11 Å². The topological polar surface area (TPSA) is 47.3 Å². The van der Waals surface area contributed by atoms with Crippen LogP contribution in [0.4, 0.5) is 0 Å². The first kappa shape index (κ1) is 13.1. The number of ether oxygens (including phenoxy) is 1. The quantitative estimate of drug-likeness (QED) is 0.477. The van der Waals surface area contributed by atoms with E-state index in [9.17, 15) is 0 Å². The highest BCUT2D eigenvalue weighted by molar-refractivity contribution is 5.35. The molecule has 98 valence electrons. The van der Waals surface area contributed by atoms with Crippen molar-refractivity contribution < 1.29 is 4.74 Å². The van der Waals surface area contributed by atoms with Crippen LogP contribution < -0.4 is 16.0 Å². The Labute approximate surface area is 109 Å². The number of nitrogens with two attached hydrogens (primary N) is 1. The molecule has 0 aliphatic heterocycles. The van der Waals surface area contributed by atoms with Crippen LogP contribution in [-0.2, 0) is 6.42 Å². The van der Waals surface area contributed by atoms with Crippen LogP contribution in [-0.4, -0.2) is 13.2 Å². The van der Waals surface area contributed by atoms with Crippen molar-refractivity contribution >= 4 is 0 Å². The molecule has 1 unspecified atom stereocenters. The van der Waals surface area contributed by atoms with E-state index >= 15 is 0 Å². The third-order valence-electron chi connectivity index (χ3n) is 3.59. The number of rotatable bonds is 5. The Hall–Kier alpha value is -1.32. The molecule has 1 aromatic rings. The predicted octanol–water partition coefficient (Wildman–Crippen LogP) is 2.57. The molecular weight excluding hydrogens is 224 g/mol. The molecule has 2 rings (SSSR count).